The maximum atomic E-state index is 5.22. The average molecular weight is 375 g/mol. The third-order valence-electron chi connectivity index (χ3n) is 4.01. The number of aromatic nitrogens is 1. The number of aryl methyl sites for hydroxylation is 2. The Morgan fingerprint density at radius 2 is 2.00 bits per heavy atom. The fourth-order valence-electron chi connectivity index (χ4n) is 2.66. The van der Waals surface area contributed by atoms with Gasteiger partial charge >= 0.3 is 0 Å². The molecule has 0 radical (unpaired) electrons. The van der Waals surface area contributed by atoms with E-state index in [0.717, 1.165) is 49.9 Å². The van der Waals surface area contributed by atoms with Crippen molar-refractivity contribution in [3.05, 3.63) is 47.3 Å². The van der Waals surface area contributed by atoms with Crippen LogP contribution in [0, 0.1) is 13.8 Å². The normalized spacial score (nSPS) is 12.8. The summed E-state index contributed by atoms with van der Waals surface area (Å²) in [4.78, 5) is 6.01. The van der Waals surface area contributed by atoms with Crippen LogP contribution in [-0.4, -0.2) is 36.0 Å². The van der Waals surface area contributed by atoms with E-state index in [9.17, 15) is 0 Å². The highest BCUT2D eigenvalue weighted by atomic mass is 32.2. The van der Waals surface area contributed by atoms with Gasteiger partial charge in [-0.3, -0.25) is 4.99 Å². The molecule has 0 fully saturated rings. The minimum absolute atomic E-state index is 0.426. The van der Waals surface area contributed by atoms with Gasteiger partial charge in [0.2, 0.25) is 0 Å². The van der Waals surface area contributed by atoms with Crippen LogP contribution in [0.15, 0.2) is 44.7 Å². The Balaban J connectivity index is 1.76. The summed E-state index contributed by atoms with van der Waals surface area (Å²) in [5, 5.41) is 11.2. The highest BCUT2D eigenvalue weighted by Crippen LogP contribution is 2.22. The summed E-state index contributed by atoms with van der Waals surface area (Å²) in [7, 11) is 0. The first-order valence-electron chi connectivity index (χ1n) is 9.25. The molecule has 0 amide bonds. The number of nitrogens with one attached hydrogen (secondary N) is 2. The number of hydrogen-bond acceptors (Lipinski definition) is 4. The lowest BCUT2D eigenvalue weighted by Gasteiger charge is -2.13. The Bertz CT molecular complexity index is 665. The largest absolute Gasteiger partial charge is 0.361 e. The van der Waals surface area contributed by atoms with Crippen molar-refractivity contribution in [3.63, 3.8) is 0 Å². The van der Waals surface area contributed by atoms with Crippen LogP contribution >= 0.6 is 11.8 Å². The fraction of sp³-hybridized carbons (Fsp3) is 0.500. The topological polar surface area (TPSA) is 62.5 Å². The molecular weight excluding hydrogens is 344 g/mol. The third kappa shape index (κ3) is 6.75. The number of hydrogen-bond donors (Lipinski definition) is 2. The second-order valence-electron chi connectivity index (χ2n) is 6.29. The van der Waals surface area contributed by atoms with Crippen molar-refractivity contribution >= 4 is 17.7 Å². The minimum Gasteiger partial charge on any atom is -0.361 e. The maximum absolute atomic E-state index is 5.22. The Morgan fingerprint density at radius 1 is 1.23 bits per heavy atom. The van der Waals surface area contributed by atoms with Crippen LogP contribution in [0.2, 0.25) is 0 Å². The predicted molar refractivity (Wildman–Crippen MR) is 110 cm³/mol. The summed E-state index contributed by atoms with van der Waals surface area (Å²) in [5.41, 5.74) is 2.22. The molecule has 2 aromatic rings. The Kier molecular flexibility index (Phi) is 8.54. The zero-order valence-electron chi connectivity index (χ0n) is 16.2. The van der Waals surface area contributed by atoms with E-state index < -0.39 is 0 Å². The SMILES string of the molecule is CCNC(=NCC(C)Sc1ccccc1)NCCCc1c(C)noc1C. The molecule has 2 rings (SSSR count). The standard InChI is InChI=1S/C20H30N4OS/c1-5-21-20(22-13-9-12-19-16(3)24-25-17(19)4)23-14-15(2)26-18-10-7-6-8-11-18/h6-8,10-11,15H,5,9,12-14H2,1-4H3,(H2,21,22,23). The summed E-state index contributed by atoms with van der Waals surface area (Å²) >= 11 is 1.85. The number of guanidine groups is 1. The van der Waals surface area contributed by atoms with Crippen molar-refractivity contribution in [2.45, 2.75) is 50.7 Å². The minimum atomic E-state index is 0.426. The molecule has 0 aliphatic carbocycles. The van der Waals surface area contributed by atoms with E-state index in [1.54, 1.807) is 0 Å². The van der Waals surface area contributed by atoms with Crippen LogP contribution in [0.25, 0.3) is 0 Å². The molecular formula is C20H30N4OS. The van der Waals surface area contributed by atoms with E-state index in [1.165, 1.54) is 10.5 Å². The molecule has 1 unspecified atom stereocenters. The van der Waals surface area contributed by atoms with Gasteiger partial charge in [0, 0.05) is 28.8 Å². The van der Waals surface area contributed by atoms with Crippen molar-refractivity contribution in [2.24, 2.45) is 4.99 Å². The molecule has 142 valence electrons. The van der Waals surface area contributed by atoms with Crippen molar-refractivity contribution in [2.75, 3.05) is 19.6 Å². The first-order chi connectivity index (χ1) is 12.6. The van der Waals surface area contributed by atoms with Gasteiger partial charge < -0.3 is 15.2 Å². The smallest absolute Gasteiger partial charge is 0.191 e. The lowest BCUT2D eigenvalue weighted by atomic mass is 10.1. The summed E-state index contributed by atoms with van der Waals surface area (Å²) in [6.07, 6.45) is 1.98. The van der Waals surface area contributed by atoms with Crippen LogP contribution in [0.1, 0.15) is 37.3 Å². The Hall–Kier alpha value is -1.95. The molecule has 1 heterocycles. The molecule has 1 aromatic carbocycles. The number of nitrogens with zero attached hydrogens (tertiary/aromatic N) is 2. The van der Waals surface area contributed by atoms with Gasteiger partial charge in [0.25, 0.3) is 0 Å². The lowest BCUT2D eigenvalue weighted by Crippen LogP contribution is -2.38. The van der Waals surface area contributed by atoms with Crippen LogP contribution < -0.4 is 10.6 Å². The van der Waals surface area contributed by atoms with Gasteiger partial charge in [0.15, 0.2) is 5.96 Å². The lowest BCUT2D eigenvalue weighted by molar-refractivity contribution is 0.392. The number of benzene rings is 1. The molecule has 0 aliphatic heterocycles. The van der Waals surface area contributed by atoms with Crippen LogP contribution in [0.3, 0.4) is 0 Å². The predicted octanol–water partition coefficient (Wildman–Crippen LogP) is 3.96. The van der Waals surface area contributed by atoms with Crippen molar-refractivity contribution in [1.82, 2.24) is 15.8 Å². The molecule has 0 aliphatic rings. The number of thioether (sulfide) groups is 1. The molecule has 5 nitrogen and oxygen atoms in total. The van der Waals surface area contributed by atoms with E-state index in [2.05, 4.69) is 53.9 Å². The van der Waals surface area contributed by atoms with Gasteiger partial charge in [-0.2, -0.15) is 0 Å². The van der Waals surface area contributed by atoms with Gasteiger partial charge in [-0.05, 0) is 45.7 Å². The van der Waals surface area contributed by atoms with Gasteiger partial charge in [-0.1, -0.05) is 30.3 Å². The monoisotopic (exact) mass is 374 g/mol. The fourth-order valence-corrected chi connectivity index (χ4v) is 3.59. The first-order valence-corrected chi connectivity index (χ1v) is 10.1. The Labute approximate surface area is 161 Å². The third-order valence-corrected chi connectivity index (χ3v) is 5.10. The highest BCUT2D eigenvalue weighted by Gasteiger charge is 2.08. The summed E-state index contributed by atoms with van der Waals surface area (Å²) < 4.78 is 5.22. The van der Waals surface area contributed by atoms with Crippen molar-refractivity contribution in [3.8, 4) is 0 Å². The Morgan fingerprint density at radius 3 is 2.65 bits per heavy atom. The van der Waals surface area contributed by atoms with Crippen LogP contribution in [-0.2, 0) is 6.42 Å². The van der Waals surface area contributed by atoms with E-state index in [1.807, 2.05) is 31.7 Å². The van der Waals surface area contributed by atoms with Crippen LogP contribution in [0.4, 0.5) is 0 Å². The van der Waals surface area contributed by atoms with Crippen LogP contribution in [0.5, 0.6) is 0 Å². The molecule has 0 bridgehead atoms. The van der Waals surface area contributed by atoms with E-state index in [-0.39, 0.29) is 0 Å². The second-order valence-corrected chi connectivity index (χ2v) is 7.81. The molecule has 2 N–H and O–H groups in total. The molecule has 6 heteroatoms. The van der Waals surface area contributed by atoms with Crippen molar-refractivity contribution < 1.29 is 4.52 Å². The second kappa shape index (κ2) is 10.9. The zero-order valence-corrected chi connectivity index (χ0v) is 17.0. The zero-order chi connectivity index (χ0) is 18.8. The molecule has 0 saturated carbocycles. The van der Waals surface area contributed by atoms with Crippen molar-refractivity contribution in [1.29, 1.82) is 0 Å². The van der Waals surface area contributed by atoms with E-state index >= 15 is 0 Å². The quantitative estimate of drug-likeness (QED) is 0.301. The maximum Gasteiger partial charge on any atom is 0.191 e. The molecule has 0 spiro atoms. The van der Waals surface area contributed by atoms with Gasteiger partial charge in [0.05, 0.1) is 12.2 Å². The summed E-state index contributed by atoms with van der Waals surface area (Å²) in [6.45, 7) is 10.8. The highest BCUT2D eigenvalue weighted by molar-refractivity contribution is 8.00. The molecule has 1 aromatic heterocycles. The van der Waals surface area contributed by atoms with Gasteiger partial charge in [0.1, 0.15) is 5.76 Å². The molecule has 0 saturated heterocycles. The first kappa shape index (κ1) is 20.4. The van der Waals surface area contributed by atoms with E-state index in [0.29, 0.717) is 5.25 Å². The number of aliphatic imine (C=N–C) groups is 1. The van der Waals surface area contributed by atoms with E-state index in [4.69, 9.17) is 9.52 Å². The van der Waals surface area contributed by atoms with Gasteiger partial charge in [-0.15, -0.1) is 11.8 Å². The van der Waals surface area contributed by atoms with Gasteiger partial charge in [-0.25, -0.2) is 0 Å². The molecule has 26 heavy (non-hydrogen) atoms. The summed E-state index contributed by atoms with van der Waals surface area (Å²) in [5.74, 6) is 1.81. The number of rotatable bonds is 9. The molecule has 1 atom stereocenters. The average Bonchev–Trinajstić information content (AvgIpc) is 2.95. The summed E-state index contributed by atoms with van der Waals surface area (Å²) in [6, 6.07) is 10.5.